The number of nitrogens with zero attached hydrogens (tertiary/aromatic N) is 2. The summed E-state index contributed by atoms with van der Waals surface area (Å²) in [6.45, 7) is 1.38. The Morgan fingerprint density at radius 2 is 2.04 bits per heavy atom. The van der Waals surface area contributed by atoms with Gasteiger partial charge in [0.25, 0.3) is 5.91 Å². The highest BCUT2D eigenvalue weighted by Gasteiger charge is 2.03. The van der Waals surface area contributed by atoms with Crippen LogP contribution in [0.2, 0.25) is 0 Å². The maximum atomic E-state index is 11.8. The number of aryl methyl sites for hydroxylation is 1. The summed E-state index contributed by atoms with van der Waals surface area (Å²) in [5, 5.41) is 9.27. The molecule has 2 aromatic carbocycles. The number of carbonyl (C=O) groups excluding carboxylic acids is 1. The molecule has 0 aliphatic rings. The molecule has 1 aromatic heterocycles. The Kier molecular flexibility index (Phi) is 5.48. The number of rotatable bonds is 7. The maximum Gasteiger partial charge on any atom is 0.257 e. The molecule has 124 valence electrons. The minimum absolute atomic E-state index is 0.0195. The van der Waals surface area contributed by atoms with Gasteiger partial charge < -0.3 is 10.1 Å². The molecular formula is C18H18BrN3O2. The highest BCUT2D eigenvalue weighted by atomic mass is 79.9. The van der Waals surface area contributed by atoms with Gasteiger partial charge in [-0.15, -0.1) is 0 Å². The first-order chi connectivity index (χ1) is 11.7. The SMILES string of the molecule is O=C(COc1ccc2ccccc2c1)NCCCn1cc(Br)cn1. The zero-order valence-electron chi connectivity index (χ0n) is 13.1. The number of aromatic nitrogens is 2. The summed E-state index contributed by atoms with van der Waals surface area (Å²) in [7, 11) is 0. The Balaban J connectivity index is 1.40. The number of benzene rings is 2. The lowest BCUT2D eigenvalue weighted by Gasteiger charge is -2.08. The number of carbonyl (C=O) groups is 1. The van der Waals surface area contributed by atoms with E-state index in [1.807, 2.05) is 53.3 Å². The normalized spacial score (nSPS) is 10.7. The van der Waals surface area contributed by atoms with E-state index in [0.29, 0.717) is 12.3 Å². The van der Waals surface area contributed by atoms with E-state index < -0.39 is 0 Å². The van der Waals surface area contributed by atoms with Crippen molar-refractivity contribution >= 4 is 32.6 Å². The van der Waals surface area contributed by atoms with Gasteiger partial charge in [-0.25, -0.2) is 0 Å². The monoisotopic (exact) mass is 387 g/mol. The van der Waals surface area contributed by atoms with Gasteiger partial charge in [0.05, 0.1) is 10.7 Å². The van der Waals surface area contributed by atoms with Crippen LogP contribution >= 0.6 is 15.9 Å². The third kappa shape index (κ3) is 4.58. The summed E-state index contributed by atoms with van der Waals surface area (Å²) in [6.07, 6.45) is 4.47. The van der Waals surface area contributed by atoms with Crippen LogP contribution < -0.4 is 10.1 Å². The van der Waals surface area contributed by atoms with Crippen molar-refractivity contribution in [3.63, 3.8) is 0 Å². The molecule has 0 aliphatic carbocycles. The van der Waals surface area contributed by atoms with Crippen LogP contribution in [0.15, 0.2) is 59.3 Å². The maximum absolute atomic E-state index is 11.8. The van der Waals surface area contributed by atoms with Gasteiger partial charge in [0.2, 0.25) is 0 Å². The van der Waals surface area contributed by atoms with Gasteiger partial charge in [-0.3, -0.25) is 9.48 Å². The largest absolute Gasteiger partial charge is 0.484 e. The summed E-state index contributed by atoms with van der Waals surface area (Å²) in [4.78, 5) is 11.8. The number of ether oxygens (including phenoxy) is 1. The molecule has 5 nitrogen and oxygen atoms in total. The van der Waals surface area contributed by atoms with Gasteiger partial charge in [-0.2, -0.15) is 5.10 Å². The molecule has 3 aromatic rings. The van der Waals surface area contributed by atoms with Gasteiger partial charge in [0, 0.05) is 19.3 Å². The second-order valence-corrected chi connectivity index (χ2v) is 6.34. The lowest BCUT2D eigenvalue weighted by molar-refractivity contribution is -0.123. The van der Waals surface area contributed by atoms with Crippen molar-refractivity contribution in [2.45, 2.75) is 13.0 Å². The highest BCUT2D eigenvalue weighted by molar-refractivity contribution is 9.10. The van der Waals surface area contributed by atoms with Crippen LogP contribution in [0.4, 0.5) is 0 Å². The van der Waals surface area contributed by atoms with Crippen molar-refractivity contribution in [2.75, 3.05) is 13.2 Å². The zero-order valence-corrected chi connectivity index (χ0v) is 14.7. The standard InChI is InChI=1S/C18H18BrN3O2/c19-16-11-21-22(12-16)9-3-8-20-18(23)13-24-17-7-6-14-4-1-2-5-15(14)10-17/h1-2,4-7,10-12H,3,8-9,13H2,(H,20,23). The van der Waals surface area contributed by atoms with E-state index in [0.717, 1.165) is 28.2 Å². The first kappa shape index (κ1) is 16.5. The Morgan fingerprint density at radius 3 is 2.83 bits per heavy atom. The van der Waals surface area contributed by atoms with Crippen molar-refractivity contribution in [1.29, 1.82) is 0 Å². The molecule has 0 unspecified atom stereocenters. The molecule has 1 N–H and O–H groups in total. The third-order valence-corrected chi connectivity index (χ3v) is 3.99. The second-order valence-electron chi connectivity index (χ2n) is 5.42. The molecular weight excluding hydrogens is 370 g/mol. The van der Waals surface area contributed by atoms with E-state index in [4.69, 9.17) is 4.74 Å². The van der Waals surface area contributed by atoms with Gasteiger partial charge >= 0.3 is 0 Å². The Hall–Kier alpha value is -2.34. The van der Waals surface area contributed by atoms with E-state index in [1.54, 1.807) is 6.20 Å². The predicted octanol–water partition coefficient (Wildman–Crippen LogP) is 3.38. The second kappa shape index (κ2) is 7.97. The molecule has 0 spiro atoms. The Labute approximate surface area is 148 Å². The average molecular weight is 388 g/mol. The van der Waals surface area contributed by atoms with Crippen molar-refractivity contribution < 1.29 is 9.53 Å². The van der Waals surface area contributed by atoms with Crippen molar-refractivity contribution in [3.05, 3.63) is 59.3 Å². The fourth-order valence-corrected chi connectivity index (χ4v) is 2.71. The van der Waals surface area contributed by atoms with Crippen LogP contribution in [0.1, 0.15) is 6.42 Å². The molecule has 0 radical (unpaired) electrons. The van der Waals surface area contributed by atoms with Crippen LogP contribution in [-0.4, -0.2) is 28.8 Å². The highest BCUT2D eigenvalue weighted by Crippen LogP contribution is 2.20. The minimum atomic E-state index is -0.121. The first-order valence-electron chi connectivity index (χ1n) is 7.77. The molecule has 1 heterocycles. The van der Waals surface area contributed by atoms with Gasteiger partial charge in [0.15, 0.2) is 6.61 Å². The topological polar surface area (TPSA) is 56.1 Å². The summed E-state index contributed by atoms with van der Waals surface area (Å²) >= 11 is 3.35. The van der Waals surface area contributed by atoms with Gasteiger partial charge in [-0.1, -0.05) is 30.3 Å². The summed E-state index contributed by atoms with van der Waals surface area (Å²) in [5.74, 6) is 0.579. The fourth-order valence-electron chi connectivity index (χ4n) is 2.39. The summed E-state index contributed by atoms with van der Waals surface area (Å²) in [5.41, 5.74) is 0. The summed E-state index contributed by atoms with van der Waals surface area (Å²) < 4.78 is 8.35. The van der Waals surface area contributed by atoms with Gasteiger partial charge in [0.1, 0.15) is 5.75 Å². The van der Waals surface area contributed by atoms with Crippen molar-refractivity contribution in [1.82, 2.24) is 15.1 Å². The Bertz CT molecular complexity index is 832. The average Bonchev–Trinajstić information content (AvgIpc) is 3.02. The Morgan fingerprint density at radius 1 is 1.21 bits per heavy atom. The number of amides is 1. The fraction of sp³-hybridized carbons (Fsp3) is 0.222. The third-order valence-electron chi connectivity index (χ3n) is 3.58. The molecule has 1 amide bonds. The zero-order chi connectivity index (χ0) is 16.8. The molecule has 0 saturated heterocycles. The van der Waals surface area contributed by atoms with Crippen LogP contribution in [0.3, 0.4) is 0 Å². The number of fused-ring (bicyclic) bond motifs is 1. The molecule has 0 fully saturated rings. The van der Waals surface area contributed by atoms with E-state index in [1.165, 1.54) is 0 Å². The number of hydrogen-bond donors (Lipinski definition) is 1. The van der Waals surface area contributed by atoms with E-state index in [2.05, 4.69) is 26.3 Å². The molecule has 0 atom stereocenters. The number of hydrogen-bond acceptors (Lipinski definition) is 3. The van der Waals surface area contributed by atoms with Crippen LogP contribution in [0, 0.1) is 0 Å². The molecule has 0 aliphatic heterocycles. The quantitative estimate of drug-likeness (QED) is 0.632. The number of halogens is 1. The van der Waals surface area contributed by atoms with Crippen molar-refractivity contribution in [2.24, 2.45) is 0 Å². The lowest BCUT2D eigenvalue weighted by Crippen LogP contribution is -2.30. The van der Waals surface area contributed by atoms with Crippen LogP contribution in [-0.2, 0) is 11.3 Å². The van der Waals surface area contributed by atoms with Crippen molar-refractivity contribution in [3.8, 4) is 5.75 Å². The lowest BCUT2D eigenvalue weighted by atomic mass is 10.1. The van der Waals surface area contributed by atoms with Crippen LogP contribution in [0.5, 0.6) is 5.75 Å². The molecule has 0 saturated carbocycles. The van der Waals surface area contributed by atoms with Gasteiger partial charge in [-0.05, 0) is 45.3 Å². The molecule has 24 heavy (non-hydrogen) atoms. The number of nitrogens with one attached hydrogen (secondary N) is 1. The predicted molar refractivity (Wildman–Crippen MR) is 97.0 cm³/mol. The van der Waals surface area contributed by atoms with E-state index >= 15 is 0 Å². The van der Waals surface area contributed by atoms with E-state index in [-0.39, 0.29) is 12.5 Å². The minimum Gasteiger partial charge on any atom is -0.484 e. The molecule has 3 rings (SSSR count). The van der Waals surface area contributed by atoms with E-state index in [9.17, 15) is 4.79 Å². The molecule has 0 bridgehead atoms. The summed E-state index contributed by atoms with van der Waals surface area (Å²) in [6, 6.07) is 13.9. The smallest absolute Gasteiger partial charge is 0.257 e. The first-order valence-corrected chi connectivity index (χ1v) is 8.56. The molecule has 6 heteroatoms. The van der Waals surface area contributed by atoms with Crippen LogP contribution in [0.25, 0.3) is 10.8 Å².